The van der Waals surface area contributed by atoms with Crippen molar-refractivity contribution in [3.05, 3.63) is 0 Å². The van der Waals surface area contributed by atoms with Crippen molar-refractivity contribution in [2.75, 3.05) is 19.6 Å². The third kappa shape index (κ3) is 9.45. The van der Waals surface area contributed by atoms with Gasteiger partial charge in [-0.2, -0.15) is 0 Å². The van der Waals surface area contributed by atoms with Crippen molar-refractivity contribution in [2.24, 2.45) is 4.99 Å². The van der Waals surface area contributed by atoms with Gasteiger partial charge in [-0.15, -0.1) is 0 Å². The number of hydrogen-bond acceptors (Lipinski definition) is 3. The van der Waals surface area contributed by atoms with Crippen molar-refractivity contribution >= 4 is 11.8 Å². The van der Waals surface area contributed by atoms with Crippen LogP contribution in [0.15, 0.2) is 4.99 Å². The molecule has 5 heteroatoms. The minimum Gasteiger partial charge on any atom is -0.480 e. The van der Waals surface area contributed by atoms with Gasteiger partial charge in [0.05, 0.1) is 12.4 Å². The molecule has 0 aromatic rings. The summed E-state index contributed by atoms with van der Waals surface area (Å²) in [5.41, 5.74) is 0. The summed E-state index contributed by atoms with van der Waals surface area (Å²) in [5, 5.41) is 8.83. The van der Waals surface area contributed by atoms with Crippen LogP contribution in [0.3, 0.4) is 0 Å². The van der Waals surface area contributed by atoms with Crippen molar-refractivity contribution in [1.29, 1.82) is 0 Å². The van der Waals surface area contributed by atoms with Crippen molar-refractivity contribution in [2.45, 2.75) is 71.1 Å². The molecule has 0 fully saturated rings. The second-order valence-electron chi connectivity index (χ2n) is 5.69. The van der Waals surface area contributed by atoms with Crippen LogP contribution in [0.5, 0.6) is 0 Å². The molecular weight excluding hydrogens is 268 g/mol. The molecule has 5 nitrogen and oxygen atoms in total. The highest BCUT2D eigenvalue weighted by molar-refractivity contribution is 5.86. The second kappa shape index (κ2) is 12.6. The van der Waals surface area contributed by atoms with Crippen LogP contribution in [-0.2, 0) is 4.79 Å². The van der Waals surface area contributed by atoms with E-state index in [4.69, 9.17) is 5.11 Å². The molecule has 0 saturated heterocycles. The Balaban J connectivity index is 0.00000400. The van der Waals surface area contributed by atoms with Crippen molar-refractivity contribution in [3.8, 4) is 0 Å². The van der Waals surface area contributed by atoms with E-state index in [1.54, 1.807) is 0 Å². The number of nitrogens with zero attached hydrogens (tertiary/aromatic N) is 2. The smallest absolute Gasteiger partial charge is 0.323 e. The zero-order chi connectivity index (χ0) is 14.6. The van der Waals surface area contributed by atoms with Gasteiger partial charge < -0.3 is 15.5 Å². The zero-order valence-electron chi connectivity index (χ0n) is 13.4. The molecule has 1 rings (SSSR count). The van der Waals surface area contributed by atoms with E-state index < -0.39 is 5.97 Å². The van der Waals surface area contributed by atoms with Crippen LogP contribution in [0.1, 0.15) is 71.1 Å². The molecule has 3 N–H and O–H groups in total. The lowest BCUT2D eigenvalue weighted by Gasteiger charge is -2.17. The molecule has 0 saturated carbocycles. The van der Waals surface area contributed by atoms with Gasteiger partial charge in [0.2, 0.25) is 0 Å². The van der Waals surface area contributed by atoms with Crippen molar-refractivity contribution in [3.63, 3.8) is 0 Å². The third-order valence-electron chi connectivity index (χ3n) is 3.86. The Morgan fingerprint density at radius 1 is 1.10 bits per heavy atom. The summed E-state index contributed by atoms with van der Waals surface area (Å²) in [7, 11) is 0. The molecule has 0 unspecified atom stereocenters. The zero-order valence-corrected chi connectivity index (χ0v) is 13.4. The number of amidine groups is 1. The van der Waals surface area contributed by atoms with Gasteiger partial charge in [0.1, 0.15) is 6.54 Å². The lowest BCUT2D eigenvalue weighted by molar-refractivity contribution is -0.137. The van der Waals surface area contributed by atoms with Gasteiger partial charge in [0.25, 0.3) is 0 Å². The Hall–Kier alpha value is -1.10. The topological polar surface area (TPSA) is 84.4 Å². The molecule has 1 heterocycles. The lowest BCUT2D eigenvalue weighted by Crippen LogP contribution is -2.32. The standard InChI is InChI=1S/C16H30N2O2.H2O/c1-2-3-4-5-6-7-8-9-10-11-15-17-12-13-18(15)14-16(19)20;/h2-14H2,1H3,(H,19,20);1H2. The maximum atomic E-state index is 10.7. The number of carboxylic acid groups (broad SMARTS) is 1. The fourth-order valence-electron chi connectivity index (χ4n) is 2.69. The van der Waals surface area contributed by atoms with E-state index >= 15 is 0 Å². The fraction of sp³-hybridized carbons (Fsp3) is 0.875. The van der Waals surface area contributed by atoms with Gasteiger partial charge in [-0.25, -0.2) is 0 Å². The van der Waals surface area contributed by atoms with Crippen LogP contribution >= 0.6 is 0 Å². The average Bonchev–Trinajstić information content (AvgIpc) is 2.83. The highest BCUT2D eigenvalue weighted by Crippen LogP contribution is 2.13. The number of carboxylic acids is 1. The van der Waals surface area contributed by atoms with Gasteiger partial charge >= 0.3 is 5.97 Å². The lowest BCUT2D eigenvalue weighted by atomic mass is 10.1. The molecule has 0 amide bonds. The molecule has 0 aromatic carbocycles. The number of aliphatic carboxylic acids is 1. The van der Waals surface area contributed by atoms with Crippen LogP contribution in [0, 0.1) is 0 Å². The quantitative estimate of drug-likeness (QED) is 0.562. The predicted octanol–water partition coefficient (Wildman–Crippen LogP) is 2.88. The largest absolute Gasteiger partial charge is 0.480 e. The number of rotatable bonds is 12. The highest BCUT2D eigenvalue weighted by Gasteiger charge is 2.18. The molecule has 1 aliphatic rings. The summed E-state index contributed by atoms with van der Waals surface area (Å²) in [5.74, 6) is 0.252. The minimum atomic E-state index is -0.758. The number of unbranched alkanes of at least 4 members (excludes halogenated alkanes) is 8. The Morgan fingerprint density at radius 2 is 1.67 bits per heavy atom. The molecule has 0 bridgehead atoms. The molecule has 0 radical (unpaired) electrons. The summed E-state index contributed by atoms with van der Waals surface area (Å²) in [6.07, 6.45) is 12.8. The van der Waals surface area contributed by atoms with E-state index in [1.165, 1.54) is 51.4 Å². The van der Waals surface area contributed by atoms with Crippen LogP contribution in [0.2, 0.25) is 0 Å². The van der Waals surface area contributed by atoms with E-state index in [-0.39, 0.29) is 12.0 Å². The molecule has 0 aliphatic carbocycles. The Labute approximate surface area is 128 Å². The van der Waals surface area contributed by atoms with Gasteiger partial charge in [-0.3, -0.25) is 9.79 Å². The highest BCUT2D eigenvalue weighted by atomic mass is 16.4. The Bertz CT molecular complexity index is 306. The van der Waals surface area contributed by atoms with E-state index in [1.807, 2.05) is 4.90 Å². The number of hydrogen-bond donors (Lipinski definition) is 1. The molecule has 124 valence electrons. The first-order chi connectivity index (χ1) is 9.74. The van der Waals surface area contributed by atoms with Gasteiger partial charge in [-0.05, 0) is 6.42 Å². The van der Waals surface area contributed by atoms with Crippen LogP contribution in [0.4, 0.5) is 0 Å². The average molecular weight is 300 g/mol. The predicted molar refractivity (Wildman–Crippen MR) is 87.0 cm³/mol. The van der Waals surface area contributed by atoms with Gasteiger partial charge in [0.15, 0.2) is 0 Å². The van der Waals surface area contributed by atoms with Crippen LogP contribution < -0.4 is 0 Å². The molecule has 21 heavy (non-hydrogen) atoms. The van der Waals surface area contributed by atoms with Crippen LogP contribution in [0.25, 0.3) is 0 Å². The fourth-order valence-corrected chi connectivity index (χ4v) is 2.69. The van der Waals surface area contributed by atoms with Crippen molar-refractivity contribution < 1.29 is 15.4 Å². The number of aliphatic imine (C=N–C) groups is 1. The molecule has 0 aromatic heterocycles. The first kappa shape index (κ1) is 19.9. The maximum absolute atomic E-state index is 10.7. The first-order valence-corrected chi connectivity index (χ1v) is 8.24. The maximum Gasteiger partial charge on any atom is 0.323 e. The minimum absolute atomic E-state index is 0. The summed E-state index contributed by atoms with van der Waals surface area (Å²) in [6, 6.07) is 0. The summed E-state index contributed by atoms with van der Waals surface area (Å²) in [4.78, 5) is 17.1. The third-order valence-corrected chi connectivity index (χ3v) is 3.86. The van der Waals surface area contributed by atoms with E-state index in [2.05, 4.69) is 11.9 Å². The second-order valence-corrected chi connectivity index (χ2v) is 5.69. The van der Waals surface area contributed by atoms with Gasteiger partial charge in [-0.1, -0.05) is 58.3 Å². The molecule has 1 aliphatic heterocycles. The van der Waals surface area contributed by atoms with Crippen LogP contribution in [-0.4, -0.2) is 46.9 Å². The Morgan fingerprint density at radius 3 is 2.24 bits per heavy atom. The SMILES string of the molecule is CCCCCCCCCCCC1=NCCN1CC(=O)O.O. The summed E-state index contributed by atoms with van der Waals surface area (Å²) < 4.78 is 0. The van der Waals surface area contributed by atoms with Gasteiger partial charge in [0, 0.05) is 13.0 Å². The summed E-state index contributed by atoms with van der Waals surface area (Å²) in [6.45, 7) is 3.90. The molecule has 0 spiro atoms. The van der Waals surface area contributed by atoms with E-state index in [9.17, 15) is 4.79 Å². The number of carbonyl (C=O) groups is 1. The van der Waals surface area contributed by atoms with Crippen molar-refractivity contribution in [1.82, 2.24) is 4.90 Å². The summed E-state index contributed by atoms with van der Waals surface area (Å²) >= 11 is 0. The molecular formula is C16H32N2O3. The normalized spacial score (nSPS) is 14.0. The molecule has 0 atom stereocenters. The Kier molecular flexibility index (Phi) is 12.0. The first-order valence-electron chi connectivity index (χ1n) is 8.24. The van der Waals surface area contributed by atoms with E-state index in [0.29, 0.717) is 0 Å². The van der Waals surface area contributed by atoms with E-state index in [0.717, 1.165) is 31.8 Å². The monoisotopic (exact) mass is 300 g/mol.